The largest absolute Gasteiger partial charge is 0.399 e. The lowest BCUT2D eigenvalue weighted by Crippen LogP contribution is -2.04. The van der Waals surface area contributed by atoms with Gasteiger partial charge in [0, 0.05) is 17.9 Å². The van der Waals surface area contributed by atoms with Crippen LogP contribution in [0.15, 0.2) is 48.5 Å². The van der Waals surface area contributed by atoms with Gasteiger partial charge >= 0.3 is 0 Å². The van der Waals surface area contributed by atoms with E-state index in [-0.39, 0.29) is 0 Å². The molecule has 3 rings (SSSR count). The van der Waals surface area contributed by atoms with Gasteiger partial charge in [-0.25, -0.2) is 0 Å². The Kier molecular flexibility index (Phi) is 2.93. The summed E-state index contributed by atoms with van der Waals surface area (Å²) in [7, 11) is 0. The Morgan fingerprint density at radius 1 is 1.06 bits per heavy atom. The number of anilines is 2. The van der Waals surface area contributed by atoms with Crippen LogP contribution >= 0.6 is 0 Å². The number of hydrogen-bond acceptors (Lipinski definition) is 2. The van der Waals surface area contributed by atoms with E-state index in [0.29, 0.717) is 5.92 Å². The Morgan fingerprint density at radius 3 is 2.72 bits per heavy atom. The molecule has 0 radical (unpaired) electrons. The summed E-state index contributed by atoms with van der Waals surface area (Å²) < 4.78 is 0. The number of nitrogen functional groups attached to an aromatic ring is 1. The summed E-state index contributed by atoms with van der Waals surface area (Å²) in [6, 6.07) is 17.0. The maximum atomic E-state index is 5.84. The molecule has 2 aromatic carbocycles. The number of hydrogen-bond donors (Lipinski definition) is 2. The Balaban J connectivity index is 1.91. The van der Waals surface area contributed by atoms with E-state index in [2.05, 4.69) is 41.7 Å². The third-order valence-corrected chi connectivity index (χ3v) is 3.68. The summed E-state index contributed by atoms with van der Waals surface area (Å²) in [6.07, 6.45) is 2.26. The Labute approximate surface area is 108 Å². The molecule has 0 saturated carbocycles. The van der Waals surface area contributed by atoms with Crippen molar-refractivity contribution >= 4 is 11.4 Å². The Hall–Kier alpha value is -1.96. The molecule has 0 aliphatic carbocycles. The normalized spacial score (nSPS) is 18.6. The van der Waals surface area contributed by atoms with Crippen molar-refractivity contribution in [2.75, 3.05) is 17.6 Å². The highest BCUT2D eigenvalue weighted by Gasteiger charge is 2.17. The molecule has 0 amide bonds. The van der Waals surface area contributed by atoms with Crippen LogP contribution in [-0.4, -0.2) is 6.54 Å². The van der Waals surface area contributed by atoms with Gasteiger partial charge in [0.1, 0.15) is 0 Å². The maximum absolute atomic E-state index is 5.84. The minimum absolute atomic E-state index is 0.601. The van der Waals surface area contributed by atoms with Crippen molar-refractivity contribution in [2.45, 2.75) is 18.8 Å². The van der Waals surface area contributed by atoms with Crippen LogP contribution in [0.4, 0.5) is 11.4 Å². The van der Waals surface area contributed by atoms with Crippen molar-refractivity contribution in [3.05, 3.63) is 59.7 Å². The second kappa shape index (κ2) is 4.73. The first kappa shape index (κ1) is 11.1. The molecule has 92 valence electrons. The average molecular weight is 238 g/mol. The van der Waals surface area contributed by atoms with Crippen LogP contribution in [0.25, 0.3) is 0 Å². The van der Waals surface area contributed by atoms with E-state index in [9.17, 15) is 0 Å². The lowest BCUT2D eigenvalue weighted by molar-refractivity contribution is 0.656. The molecule has 0 bridgehead atoms. The lowest BCUT2D eigenvalue weighted by Gasteiger charge is -2.14. The molecule has 1 atom stereocenters. The molecule has 1 heterocycles. The van der Waals surface area contributed by atoms with Crippen LogP contribution in [0.5, 0.6) is 0 Å². The summed E-state index contributed by atoms with van der Waals surface area (Å²) in [5.41, 5.74) is 10.7. The number of rotatable bonds is 1. The summed E-state index contributed by atoms with van der Waals surface area (Å²) in [5.74, 6) is 0.601. The van der Waals surface area contributed by atoms with E-state index in [1.54, 1.807) is 0 Å². The molecule has 2 aromatic rings. The fourth-order valence-corrected chi connectivity index (χ4v) is 2.69. The summed E-state index contributed by atoms with van der Waals surface area (Å²) in [4.78, 5) is 0. The third-order valence-electron chi connectivity index (χ3n) is 3.68. The standard InChI is InChI=1S/C16H18N2/c17-15-7-6-14-10-13(8-9-18-16(14)11-15)12-4-2-1-3-5-12/h1-7,11,13,18H,8-10,17H2/t13-/m1/s1. The van der Waals surface area contributed by atoms with Crippen LogP contribution < -0.4 is 11.1 Å². The first-order chi connectivity index (χ1) is 8.83. The highest BCUT2D eigenvalue weighted by atomic mass is 14.9. The molecular formula is C16H18N2. The highest BCUT2D eigenvalue weighted by molar-refractivity contribution is 5.60. The minimum atomic E-state index is 0.601. The SMILES string of the molecule is Nc1ccc2c(c1)NCC[C@@H](c1ccccc1)C2. The van der Waals surface area contributed by atoms with Gasteiger partial charge in [-0.3, -0.25) is 0 Å². The van der Waals surface area contributed by atoms with Gasteiger partial charge in [0.05, 0.1) is 0 Å². The average Bonchev–Trinajstić information content (AvgIpc) is 2.61. The van der Waals surface area contributed by atoms with E-state index in [4.69, 9.17) is 5.73 Å². The molecule has 0 saturated heterocycles. The number of nitrogens with two attached hydrogens (primary N) is 1. The third kappa shape index (κ3) is 2.19. The zero-order valence-electron chi connectivity index (χ0n) is 10.4. The fourth-order valence-electron chi connectivity index (χ4n) is 2.69. The zero-order chi connectivity index (χ0) is 12.4. The molecular weight excluding hydrogens is 220 g/mol. The topological polar surface area (TPSA) is 38.0 Å². The second-order valence-corrected chi connectivity index (χ2v) is 4.94. The lowest BCUT2D eigenvalue weighted by atomic mass is 9.90. The summed E-state index contributed by atoms with van der Waals surface area (Å²) in [6.45, 7) is 1.01. The predicted octanol–water partition coefficient (Wildman–Crippen LogP) is 3.41. The molecule has 18 heavy (non-hydrogen) atoms. The Morgan fingerprint density at radius 2 is 1.89 bits per heavy atom. The van der Waals surface area contributed by atoms with E-state index >= 15 is 0 Å². The number of nitrogens with one attached hydrogen (secondary N) is 1. The van der Waals surface area contributed by atoms with Gasteiger partial charge in [-0.15, -0.1) is 0 Å². The molecule has 2 heteroatoms. The molecule has 3 N–H and O–H groups in total. The van der Waals surface area contributed by atoms with Crippen molar-refractivity contribution in [1.29, 1.82) is 0 Å². The van der Waals surface area contributed by atoms with Crippen molar-refractivity contribution < 1.29 is 0 Å². The van der Waals surface area contributed by atoms with Gasteiger partial charge in [0.15, 0.2) is 0 Å². The van der Waals surface area contributed by atoms with E-state index in [1.807, 2.05) is 12.1 Å². The van der Waals surface area contributed by atoms with Gasteiger partial charge in [-0.2, -0.15) is 0 Å². The smallest absolute Gasteiger partial charge is 0.0393 e. The van der Waals surface area contributed by atoms with Crippen LogP contribution in [0, 0.1) is 0 Å². The number of benzene rings is 2. The van der Waals surface area contributed by atoms with Gasteiger partial charge in [-0.1, -0.05) is 36.4 Å². The van der Waals surface area contributed by atoms with Crippen molar-refractivity contribution in [1.82, 2.24) is 0 Å². The molecule has 0 fully saturated rings. The molecule has 0 unspecified atom stereocenters. The van der Waals surface area contributed by atoms with Crippen LogP contribution in [0.2, 0.25) is 0 Å². The van der Waals surface area contributed by atoms with Crippen LogP contribution in [0.3, 0.4) is 0 Å². The van der Waals surface area contributed by atoms with Crippen molar-refractivity contribution in [3.63, 3.8) is 0 Å². The molecule has 1 aliphatic heterocycles. The molecule has 2 nitrogen and oxygen atoms in total. The van der Waals surface area contributed by atoms with Crippen molar-refractivity contribution in [2.24, 2.45) is 0 Å². The number of fused-ring (bicyclic) bond motifs is 1. The van der Waals surface area contributed by atoms with Gasteiger partial charge in [0.2, 0.25) is 0 Å². The first-order valence-electron chi connectivity index (χ1n) is 6.50. The second-order valence-electron chi connectivity index (χ2n) is 4.94. The maximum Gasteiger partial charge on any atom is 0.0393 e. The van der Waals surface area contributed by atoms with Gasteiger partial charge < -0.3 is 11.1 Å². The van der Waals surface area contributed by atoms with E-state index < -0.39 is 0 Å². The minimum Gasteiger partial charge on any atom is -0.399 e. The first-order valence-corrected chi connectivity index (χ1v) is 6.50. The monoisotopic (exact) mass is 238 g/mol. The van der Waals surface area contributed by atoms with Crippen LogP contribution in [-0.2, 0) is 6.42 Å². The van der Waals surface area contributed by atoms with Gasteiger partial charge in [-0.05, 0) is 42.0 Å². The Bertz CT molecular complexity index is 534. The van der Waals surface area contributed by atoms with Crippen molar-refractivity contribution in [3.8, 4) is 0 Å². The summed E-state index contributed by atoms with van der Waals surface area (Å²) >= 11 is 0. The van der Waals surface area contributed by atoms with Crippen LogP contribution in [0.1, 0.15) is 23.5 Å². The zero-order valence-corrected chi connectivity index (χ0v) is 10.4. The predicted molar refractivity (Wildman–Crippen MR) is 76.8 cm³/mol. The molecule has 0 spiro atoms. The quantitative estimate of drug-likeness (QED) is 0.747. The highest BCUT2D eigenvalue weighted by Crippen LogP contribution is 2.31. The fraction of sp³-hybridized carbons (Fsp3) is 0.250. The van der Waals surface area contributed by atoms with E-state index in [1.165, 1.54) is 23.2 Å². The molecule has 1 aliphatic rings. The van der Waals surface area contributed by atoms with E-state index in [0.717, 1.165) is 18.7 Å². The summed E-state index contributed by atoms with van der Waals surface area (Å²) in [5, 5.41) is 3.49. The molecule has 0 aromatic heterocycles. The van der Waals surface area contributed by atoms with Gasteiger partial charge in [0.25, 0.3) is 0 Å².